The number of phosphoric acid groups is 1. The zero-order valence-corrected chi connectivity index (χ0v) is 36.0. The molecule has 0 fully saturated rings. The second kappa shape index (κ2) is 41.6. The maximum Gasteiger partial charge on any atom is 0.472 e. The summed E-state index contributed by atoms with van der Waals surface area (Å²) >= 11 is 0. The fourth-order valence-corrected chi connectivity index (χ4v) is 6.65. The first kappa shape index (κ1) is 53.0. The molecule has 320 valence electrons. The van der Waals surface area contributed by atoms with Gasteiger partial charge in [0.1, 0.15) is 6.61 Å². The Labute approximate surface area is 336 Å². The van der Waals surface area contributed by atoms with E-state index in [9.17, 15) is 19.0 Å². The monoisotopic (exact) mass is 796 g/mol. The quantitative estimate of drug-likeness (QED) is 0.0268. The molecule has 2 atom stereocenters. The summed E-state index contributed by atoms with van der Waals surface area (Å²) in [6, 6.07) is 0. The first-order valence-electron chi connectivity index (χ1n) is 22.1. The molecule has 0 heterocycles. The van der Waals surface area contributed by atoms with Crippen molar-refractivity contribution in [2.75, 3.05) is 26.4 Å². The third-order valence-electron chi connectivity index (χ3n) is 9.19. The van der Waals surface area contributed by atoms with Gasteiger partial charge in [0.15, 0.2) is 6.10 Å². The largest absolute Gasteiger partial charge is 0.472 e. The first-order valence-corrected chi connectivity index (χ1v) is 23.6. The van der Waals surface area contributed by atoms with Gasteiger partial charge in [0.2, 0.25) is 0 Å². The summed E-state index contributed by atoms with van der Waals surface area (Å²) in [7, 11) is -4.39. The van der Waals surface area contributed by atoms with Crippen LogP contribution >= 0.6 is 7.82 Å². The van der Waals surface area contributed by atoms with Crippen LogP contribution in [0, 0.1) is 0 Å². The fourth-order valence-electron chi connectivity index (χ4n) is 5.88. The third kappa shape index (κ3) is 41.4. The lowest BCUT2D eigenvalue weighted by atomic mass is 10.1. The predicted molar refractivity (Wildman–Crippen MR) is 229 cm³/mol. The lowest BCUT2D eigenvalue weighted by Crippen LogP contribution is -2.29. The van der Waals surface area contributed by atoms with Gasteiger partial charge in [0, 0.05) is 19.4 Å². The second-order valence-electron chi connectivity index (χ2n) is 14.6. The molecule has 9 nitrogen and oxygen atoms in total. The highest BCUT2D eigenvalue weighted by Crippen LogP contribution is 2.43. The molecule has 0 bridgehead atoms. The van der Waals surface area contributed by atoms with Gasteiger partial charge in [-0.05, 0) is 70.6 Å². The van der Waals surface area contributed by atoms with Crippen LogP contribution in [0.5, 0.6) is 0 Å². The van der Waals surface area contributed by atoms with E-state index in [0.29, 0.717) is 12.8 Å². The van der Waals surface area contributed by atoms with E-state index in [1.807, 2.05) is 0 Å². The van der Waals surface area contributed by atoms with Crippen molar-refractivity contribution in [1.82, 2.24) is 0 Å². The molecule has 0 aliphatic heterocycles. The smallest absolute Gasteiger partial charge is 0.462 e. The van der Waals surface area contributed by atoms with Gasteiger partial charge >= 0.3 is 19.8 Å². The van der Waals surface area contributed by atoms with Gasteiger partial charge in [-0.3, -0.25) is 18.6 Å². The van der Waals surface area contributed by atoms with Crippen molar-refractivity contribution in [3.63, 3.8) is 0 Å². The van der Waals surface area contributed by atoms with Crippen molar-refractivity contribution in [3.05, 3.63) is 48.6 Å². The highest BCUT2D eigenvalue weighted by atomic mass is 31.2. The number of rotatable bonds is 41. The molecule has 0 spiro atoms. The molecule has 0 saturated carbocycles. The van der Waals surface area contributed by atoms with E-state index in [1.54, 1.807) is 0 Å². The number of hydrogen-bond acceptors (Lipinski definition) is 8. The standard InChI is InChI=1S/C45H82NO8P/c1-3-5-7-9-11-13-15-17-19-21-23-25-27-29-31-33-35-37-44(47)51-41-43(42-53-55(49,50)52-40-39-46)54-45(48)38-36-34-32-30-28-26-24-22-20-18-16-14-12-10-8-6-4-2/h17-20,23,25,29,31,43H,3-16,21-22,24,26-28,30,32-42,46H2,1-2H3,(H,49,50). The Hall–Kier alpha value is -2.03. The lowest BCUT2D eigenvalue weighted by Gasteiger charge is -2.19. The molecule has 0 aromatic heterocycles. The highest BCUT2D eigenvalue weighted by Gasteiger charge is 2.26. The minimum Gasteiger partial charge on any atom is -0.462 e. The maximum atomic E-state index is 12.6. The lowest BCUT2D eigenvalue weighted by molar-refractivity contribution is -0.161. The number of hydrogen-bond donors (Lipinski definition) is 2. The van der Waals surface area contributed by atoms with E-state index in [0.717, 1.165) is 51.4 Å². The summed E-state index contributed by atoms with van der Waals surface area (Å²) in [6.45, 7) is 3.66. The number of ether oxygens (including phenoxy) is 2. The van der Waals surface area contributed by atoms with Gasteiger partial charge < -0.3 is 20.1 Å². The van der Waals surface area contributed by atoms with E-state index in [-0.39, 0.29) is 32.6 Å². The van der Waals surface area contributed by atoms with Crippen molar-refractivity contribution in [3.8, 4) is 0 Å². The van der Waals surface area contributed by atoms with Crippen molar-refractivity contribution >= 4 is 19.8 Å². The van der Waals surface area contributed by atoms with Gasteiger partial charge in [0.25, 0.3) is 0 Å². The van der Waals surface area contributed by atoms with Crippen molar-refractivity contribution in [2.24, 2.45) is 5.73 Å². The molecule has 0 aromatic rings. The van der Waals surface area contributed by atoms with Crippen LogP contribution in [-0.4, -0.2) is 49.3 Å². The molecule has 10 heteroatoms. The fraction of sp³-hybridized carbons (Fsp3) is 0.778. The van der Waals surface area contributed by atoms with Gasteiger partial charge in [-0.1, -0.05) is 159 Å². The van der Waals surface area contributed by atoms with Crippen LogP contribution in [-0.2, 0) is 32.7 Å². The van der Waals surface area contributed by atoms with Crippen LogP contribution in [0.1, 0.15) is 194 Å². The van der Waals surface area contributed by atoms with Gasteiger partial charge in [0.05, 0.1) is 13.2 Å². The van der Waals surface area contributed by atoms with E-state index < -0.39 is 32.5 Å². The molecule has 0 amide bonds. The Bertz CT molecular complexity index is 1040. The summed E-state index contributed by atoms with van der Waals surface area (Å²) in [6.07, 6.45) is 47.2. The van der Waals surface area contributed by atoms with E-state index >= 15 is 0 Å². The van der Waals surface area contributed by atoms with E-state index in [1.165, 1.54) is 103 Å². The minimum absolute atomic E-state index is 0.0452. The number of carbonyl (C=O) groups excluding carboxylic acids is 2. The van der Waals surface area contributed by atoms with Crippen molar-refractivity contribution in [1.29, 1.82) is 0 Å². The molecule has 0 aliphatic rings. The Balaban J connectivity index is 4.23. The first-order chi connectivity index (χ1) is 26.8. The average molecular weight is 796 g/mol. The predicted octanol–water partition coefficient (Wildman–Crippen LogP) is 12.7. The van der Waals surface area contributed by atoms with Crippen LogP contribution in [0.15, 0.2) is 48.6 Å². The zero-order chi connectivity index (χ0) is 40.3. The summed E-state index contributed by atoms with van der Waals surface area (Å²) < 4.78 is 32.7. The zero-order valence-electron chi connectivity index (χ0n) is 35.2. The summed E-state index contributed by atoms with van der Waals surface area (Å²) in [5.74, 6) is -0.894. The van der Waals surface area contributed by atoms with Crippen LogP contribution in [0.25, 0.3) is 0 Å². The molecule has 0 rings (SSSR count). The maximum absolute atomic E-state index is 12.6. The number of esters is 2. The number of allylic oxidation sites excluding steroid dienone is 8. The van der Waals surface area contributed by atoms with Crippen LogP contribution < -0.4 is 5.73 Å². The molecule has 0 aliphatic carbocycles. The Kier molecular flexibility index (Phi) is 40.1. The van der Waals surface area contributed by atoms with Crippen LogP contribution in [0.2, 0.25) is 0 Å². The van der Waals surface area contributed by atoms with E-state index in [2.05, 4.69) is 62.5 Å². The van der Waals surface area contributed by atoms with Gasteiger partial charge in [-0.25, -0.2) is 4.57 Å². The number of carbonyl (C=O) groups is 2. The minimum atomic E-state index is -4.39. The van der Waals surface area contributed by atoms with Gasteiger partial charge in [-0.2, -0.15) is 0 Å². The van der Waals surface area contributed by atoms with E-state index in [4.69, 9.17) is 24.3 Å². The molecule has 0 radical (unpaired) electrons. The van der Waals surface area contributed by atoms with Gasteiger partial charge in [-0.15, -0.1) is 0 Å². The molecule has 0 aromatic carbocycles. The van der Waals surface area contributed by atoms with Crippen molar-refractivity contribution < 1.29 is 37.6 Å². The Morgan fingerprint density at radius 2 is 0.964 bits per heavy atom. The number of unbranched alkanes of at least 4 members (excludes halogenated alkanes) is 20. The summed E-state index contributed by atoms with van der Waals surface area (Å²) in [4.78, 5) is 34.8. The molecular formula is C45H82NO8P. The normalized spacial score (nSPS) is 13.7. The molecule has 3 N–H and O–H groups in total. The summed E-state index contributed by atoms with van der Waals surface area (Å²) in [5.41, 5.74) is 5.34. The molecule has 2 unspecified atom stereocenters. The number of phosphoric ester groups is 1. The van der Waals surface area contributed by atoms with Crippen molar-refractivity contribution in [2.45, 2.75) is 200 Å². The highest BCUT2D eigenvalue weighted by molar-refractivity contribution is 7.47. The molecule has 0 saturated heterocycles. The third-order valence-corrected chi connectivity index (χ3v) is 10.2. The van der Waals surface area contributed by atoms with Crippen LogP contribution in [0.3, 0.4) is 0 Å². The molecule has 55 heavy (non-hydrogen) atoms. The Morgan fingerprint density at radius 1 is 0.545 bits per heavy atom. The molecular weight excluding hydrogens is 713 g/mol. The SMILES string of the molecule is CCCCCCCCC=CCC=CCC=CCCCC(=O)OCC(COP(=O)(O)OCCN)OC(=O)CCCCCCCCCC=CCCCCCCCC. The topological polar surface area (TPSA) is 134 Å². The van der Waals surface area contributed by atoms with Crippen LogP contribution in [0.4, 0.5) is 0 Å². The second-order valence-corrected chi connectivity index (χ2v) is 16.0. The Morgan fingerprint density at radius 3 is 1.47 bits per heavy atom. The summed E-state index contributed by atoms with van der Waals surface area (Å²) in [5, 5.41) is 0. The number of nitrogens with two attached hydrogens (primary N) is 1. The average Bonchev–Trinajstić information content (AvgIpc) is 3.17.